The minimum atomic E-state index is -0.439. The highest BCUT2D eigenvalue weighted by Gasteiger charge is 2.64. The van der Waals surface area contributed by atoms with Crippen molar-refractivity contribution in [2.45, 2.75) is 18.8 Å². The van der Waals surface area contributed by atoms with Crippen LogP contribution < -0.4 is 4.90 Å². The number of methoxy groups -OCH3 is 1. The monoisotopic (exact) mass is 375 g/mol. The normalized spacial score (nSPS) is 30.6. The summed E-state index contributed by atoms with van der Waals surface area (Å²) in [4.78, 5) is 39.3. The van der Waals surface area contributed by atoms with Gasteiger partial charge in [0.2, 0.25) is 11.8 Å². The molecule has 5 atom stereocenters. The summed E-state index contributed by atoms with van der Waals surface area (Å²) in [6, 6.07) is 16.8. The second-order valence-electron chi connectivity index (χ2n) is 8.01. The Hall–Kier alpha value is -2.95. The summed E-state index contributed by atoms with van der Waals surface area (Å²) in [6.45, 7) is 0. The zero-order valence-electron chi connectivity index (χ0n) is 15.6. The van der Waals surface area contributed by atoms with Crippen molar-refractivity contribution in [3.8, 4) is 0 Å². The predicted octanol–water partition coefficient (Wildman–Crippen LogP) is 3.40. The predicted molar refractivity (Wildman–Crippen MR) is 103 cm³/mol. The third kappa shape index (κ3) is 2.35. The fourth-order valence-corrected chi connectivity index (χ4v) is 5.66. The Bertz CT molecular complexity index is 952. The van der Waals surface area contributed by atoms with Gasteiger partial charge < -0.3 is 4.74 Å². The van der Waals surface area contributed by atoms with Gasteiger partial charge in [0.05, 0.1) is 30.2 Å². The van der Waals surface area contributed by atoms with Gasteiger partial charge in [-0.1, -0.05) is 30.3 Å². The van der Waals surface area contributed by atoms with Crippen LogP contribution in [0.15, 0.2) is 54.6 Å². The van der Waals surface area contributed by atoms with Crippen LogP contribution in [0.2, 0.25) is 0 Å². The smallest absolute Gasteiger partial charge is 0.337 e. The summed E-state index contributed by atoms with van der Waals surface area (Å²) >= 11 is 0. The minimum absolute atomic E-state index is 0.0835. The Labute approximate surface area is 163 Å². The molecule has 28 heavy (non-hydrogen) atoms. The van der Waals surface area contributed by atoms with E-state index in [-0.39, 0.29) is 35.5 Å². The Morgan fingerprint density at radius 3 is 2.29 bits per heavy atom. The number of hydrogen-bond acceptors (Lipinski definition) is 4. The first kappa shape index (κ1) is 17.2. The van der Waals surface area contributed by atoms with Gasteiger partial charge in [-0.15, -0.1) is 0 Å². The molecule has 3 fully saturated rings. The minimum Gasteiger partial charge on any atom is -0.465 e. The van der Waals surface area contributed by atoms with E-state index < -0.39 is 5.97 Å². The number of esters is 1. The Kier molecular flexibility index (Phi) is 3.86. The lowest BCUT2D eigenvalue weighted by Gasteiger charge is -2.28. The van der Waals surface area contributed by atoms with E-state index in [2.05, 4.69) is 12.1 Å². The Morgan fingerprint density at radius 2 is 1.61 bits per heavy atom. The van der Waals surface area contributed by atoms with Gasteiger partial charge in [-0.25, -0.2) is 4.79 Å². The molecule has 1 saturated heterocycles. The number of rotatable bonds is 3. The summed E-state index contributed by atoms with van der Waals surface area (Å²) in [5.41, 5.74) is 2.21. The molecule has 5 nitrogen and oxygen atoms in total. The number of nitrogens with zero attached hydrogens (tertiary/aromatic N) is 1. The van der Waals surface area contributed by atoms with E-state index in [4.69, 9.17) is 4.74 Å². The third-order valence-electron chi connectivity index (χ3n) is 6.79. The van der Waals surface area contributed by atoms with E-state index in [0.717, 1.165) is 12.8 Å². The van der Waals surface area contributed by atoms with Crippen molar-refractivity contribution in [3.05, 3.63) is 65.7 Å². The van der Waals surface area contributed by atoms with Gasteiger partial charge in [-0.3, -0.25) is 14.5 Å². The van der Waals surface area contributed by atoms with E-state index >= 15 is 0 Å². The summed E-state index contributed by atoms with van der Waals surface area (Å²) < 4.78 is 4.71. The zero-order valence-corrected chi connectivity index (χ0v) is 15.6. The van der Waals surface area contributed by atoms with Gasteiger partial charge in [-0.05, 0) is 60.4 Å². The molecule has 2 aromatic carbocycles. The summed E-state index contributed by atoms with van der Waals surface area (Å²) in [7, 11) is 1.32. The summed E-state index contributed by atoms with van der Waals surface area (Å²) in [6.07, 6.45) is 1.94. The number of amides is 2. The van der Waals surface area contributed by atoms with Crippen LogP contribution in [0.1, 0.15) is 34.7 Å². The molecule has 0 radical (unpaired) electrons. The fraction of sp³-hybridized carbons (Fsp3) is 0.348. The van der Waals surface area contributed by atoms with E-state index in [1.807, 2.05) is 18.2 Å². The average Bonchev–Trinajstić information content (AvgIpc) is 3.40. The van der Waals surface area contributed by atoms with Crippen molar-refractivity contribution < 1.29 is 19.1 Å². The van der Waals surface area contributed by atoms with Crippen LogP contribution in [0.25, 0.3) is 0 Å². The second kappa shape index (κ2) is 6.30. The molecule has 2 bridgehead atoms. The molecule has 5 rings (SSSR count). The molecule has 2 amide bonds. The van der Waals surface area contributed by atoms with Gasteiger partial charge in [0, 0.05) is 0 Å². The van der Waals surface area contributed by atoms with Crippen LogP contribution in [0.3, 0.4) is 0 Å². The first-order valence-electron chi connectivity index (χ1n) is 9.71. The van der Waals surface area contributed by atoms with Crippen LogP contribution >= 0.6 is 0 Å². The number of carbonyl (C=O) groups excluding carboxylic acids is 3. The molecule has 1 aliphatic heterocycles. The molecular formula is C23H21NO4. The van der Waals surface area contributed by atoms with Gasteiger partial charge in [0.1, 0.15) is 0 Å². The molecule has 0 N–H and O–H groups in total. The van der Waals surface area contributed by atoms with Crippen molar-refractivity contribution in [3.63, 3.8) is 0 Å². The van der Waals surface area contributed by atoms with Crippen molar-refractivity contribution in [1.82, 2.24) is 0 Å². The zero-order chi connectivity index (χ0) is 19.4. The molecule has 5 heteroatoms. The van der Waals surface area contributed by atoms with E-state index in [0.29, 0.717) is 17.2 Å². The lowest BCUT2D eigenvalue weighted by atomic mass is 9.73. The third-order valence-corrected chi connectivity index (χ3v) is 6.79. The van der Waals surface area contributed by atoms with E-state index in [1.165, 1.54) is 17.6 Å². The SMILES string of the molecule is COC(=O)c1ccc(N2C(=O)[C@@H]3[C@@H]4C[C@@H]([C@H]3C2=O)[C@@H](c2ccccc2)C4)cc1. The standard InChI is InChI=1S/C23H21NO4/c1-28-23(27)14-7-9-16(10-8-14)24-21(25)19-15-11-17(13-5-3-2-4-6-13)18(12-15)20(19)22(24)26/h2-10,15,17-20H,11-12H2,1H3/t15-,17+,18+,19+,20+/m0/s1. The maximum atomic E-state index is 13.3. The number of ether oxygens (including phenoxy) is 1. The molecule has 0 spiro atoms. The number of hydrogen-bond donors (Lipinski definition) is 0. The van der Waals surface area contributed by atoms with Gasteiger partial charge >= 0.3 is 5.97 Å². The average molecular weight is 375 g/mol. The molecular weight excluding hydrogens is 354 g/mol. The number of carbonyl (C=O) groups is 3. The van der Waals surface area contributed by atoms with Crippen molar-refractivity contribution >= 4 is 23.5 Å². The number of benzene rings is 2. The number of imide groups is 1. The number of fused-ring (bicyclic) bond motifs is 5. The highest BCUT2D eigenvalue weighted by Crippen LogP contribution is 2.61. The first-order valence-corrected chi connectivity index (χ1v) is 9.71. The molecule has 2 aliphatic carbocycles. The maximum absolute atomic E-state index is 13.3. The van der Waals surface area contributed by atoms with Crippen LogP contribution in [-0.2, 0) is 14.3 Å². The quantitative estimate of drug-likeness (QED) is 0.609. The van der Waals surface area contributed by atoms with Crippen LogP contribution in [0.5, 0.6) is 0 Å². The molecule has 1 heterocycles. The van der Waals surface area contributed by atoms with Crippen molar-refractivity contribution in [2.24, 2.45) is 23.7 Å². The van der Waals surface area contributed by atoms with Gasteiger partial charge in [0.25, 0.3) is 0 Å². The lowest BCUT2D eigenvalue weighted by Crippen LogP contribution is -2.33. The molecule has 0 aromatic heterocycles. The largest absolute Gasteiger partial charge is 0.465 e. The molecule has 3 aliphatic rings. The highest BCUT2D eigenvalue weighted by atomic mass is 16.5. The van der Waals surface area contributed by atoms with Crippen LogP contribution in [-0.4, -0.2) is 24.9 Å². The van der Waals surface area contributed by atoms with Gasteiger partial charge in [-0.2, -0.15) is 0 Å². The van der Waals surface area contributed by atoms with Crippen LogP contribution in [0.4, 0.5) is 5.69 Å². The molecule has 0 unspecified atom stereocenters. The fourth-order valence-electron chi connectivity index (χ4n) is 5.66. The summed E-state index contributed by atoms with van der Waals surface area (Å²) in [5, 5.41) is 0. The van der Waals surface area contributed by atoms with E-state index in [1.54, 1.807) is 24.3 Å². The topological polar surface area (TPSA) is 63.7 Å². The van der Waals surface area contributed by atoms with Crippen molar-refractivity contribution in [2.75, 3.05) is 12.0 Å². The highest BCUT2D eigenvalue weighted by molar-refractivity contribution is 6.22. The molecule has 2 aromatic rings. The van der Waals surface area contributed by atoms with E-state index in [9.17, 15) is 14.4 Å². The molecule has 2 saturated carbocycles. The second-order valence-corrected chi connectivity index (χ2v) is 8.01. The summed E-state index contributed by atoms with van der Waals surface area (Å²) in [5.74, 6) is -0.176. The first-order chi connectivity index (χ1) is 13.6. The number of anilines is 1. The van der Waals surface area contributed by atoms with Crippen molar-refractivity contribution in [1.29, 1.82) is 0 Å². The van der Waals surface area contributed by atoms with Gasteiger partial charge in [0.15, 0.2) is 0 Å². The molecule has 142 valence electrons. The Balaban J connectivity index is 1.44. The lowest BCUT2D eigenvalue weighted by molar-refractivity contribution is -0.123. The Morgan fingerprint density at radius 1 is 0.929 bits per heavy atom. The maximum Gasteiger partial charge on any atom is 0.337 e. The van der Waals surface area contributed by atoms with Crippen LogP contribution in [0, 0.1) is 23.7 Å².